The first kappa shape index (κ1) is 11.0. The van der Waals surface area contributed by atoms with Crippen LogP contribution in [0, 0.1) is 0 Å². The van der Waals surface area contributed by atoms with E-state index in [9.17, 15) is 4.79 Å². The number of halogens is 2. The van der Waals surface area contributed by atoms with Crippen molar-refractivity contribution in [1.29, 1.82) is 0 Å². The van der Waals surface area contributed by atoms with Gasteiger partial charge in [0.2, 0.25) is 5.22 Å². The van der Waals surface area contributed by atoms with Crippen molar-refractivity contribution in [2.45, 2.75) is 0 Å². The Morgan fingerprint density at radius 2 is 2.06 bits per heavy atom. The molecular formula is C11H7Cl2NO2. The Bertz CT molecular complexity index is 522. The molecule has 3 nitrogen and oxygen atoms in total. The van der Waals surface area contributed by atoms with Crippen molar-refractivity contribution < 1.29 is 9.21 Å². The van der Waals surface area contributed by atoms with Gasteiger partial charge in [-0.05, 0) is 35.9 Å². The molecule has 5 heteroatoms. The summed E-state index contributed by atoms with van der Waals surface area (Å²) in [7, 11) is 0. The van der Waals surface area contributed by atoms with E-state index >= 15 is 0 Å². The SMILES string of the molecule is O=C(Nc1cccc(Cl)c1)c1ccoc1Cl. The minimum atomic E-state index is -0.332. The maximum absolute atomic E-state index is 11.7. The lowest BCUT2D eigenvalue weighted by atomic mass is 10.3. The van der Waals surface area contributed by atoms with Gasteiger partial charge in [0, 0.05) is 10.7 Å². The largest absolute Gasteiger partial charge is 0.452 e. The molecule has 1 N–H and O–H groups in total. The third-order valence-electron chi connectivity index (χ3n) is 1.95. The zero-order valence-electron chi connectivity index (χ0n) is 8.04. The van der Waals surface area contributed by atoms with Crippen molar-refractivity contribution in [1.82, 2.24) is 0 Å². The Hall–Kier alpha value is -1.45. The van der Waals surface area contributed by atoms with Gasteiger partial charge in [0.1, 0.15) is 0 Å². The first-order valence-corrected chi connectivity index (χ1v) is 5.22. The Morgan fingerprint density at radius 3 is 2.69 bits per heavy atom. The number of furan rings is 1. The normalized spacial score (nSPS) is 10.1. The summed E-state index contributed by atoms with van der Waals surface area (Å²) in [6.45, 7) is 0. The molecule has 0 bridgehead atoms. The molecule has 0 saturated heterocycles. The highest BCUT2D eigenvalue weighted by Crippen LogP contribution is 2.20. The number of rotatable bonds is 2. The van der Waals surface area contributed by atoms with Gasteiger partial charge < -0.3 is 9.73 Å². The summed E-state index contributed by atoms with van der Waals surface area (Å²) in [5, 5.41) is 3.28. The summed E-state index contributed by atoms with van der Waals surface area (Å²) < 4.78 is 4.83. The van der Waals surface area contributed by atoms with Gasteiger partial charge in [0.05, 0.1) is 11.8 Å². The van der Waals surface area contributed by atoms with Crippen molar-refractivity contribution in [2.24, 2.45) is 0 Å². The van der Waals surface area contributed by atoms with E-state index in [0.717, 1.165) is 0 Å². The van der Waals surface area contributed by atoms with Gasteiger partial charge in [0.25, 0.3) is 5.91 Å². The average molecular weight is 256 g/mol. The summed E-state index contributed by atoms with van der Waals surface area (Å²) >= 11 is 11.5. The zero-order chi connectivity index (χ0) is 11.5. The number of hydrogen-bond donors (Lipinski definition) is 1. The lowest BCUT2D eigenvalue weighted by Crippen LogP contribution is -2.11. The third-order valence-corrected chi connectivity index (χ3v) is 2.47. The van der Waals surface area contributed by atoms with Crippen LogP contribution < -0.4 is 5.32 Å². The van der Waals surface area contributed by atoms with Crippen LogP contribution in [0.25, 0.3) is 0 Å². The first-order chi connectivity index (χ1) is 7.66. The predicted octanol–water partition coefficient (Wildman–Crippen LogP) is 3.84. The highest BCUT2D eigenvalue weighted by Gasteiger charge is 2.12. The molecule has 0 fully saturated rings. The molecule has 0 atom stereocenters. The van der Waals surface area contributed by atoms with Crippen molar-refractivity contribution in [3.8, 4) is 0 Å². The van der Waals surface area contributed by atoms with Gasteiger partial charge in [-0.25, -0.2) is 0 Å². The second kappa shape index (κ2) is 4.60. The minimum absolute atomic E-state index is 0.0690. The second-order valence-corrected chi connectivity index (χ2v) is 3.85. The molecule has 0 radical (unpaired) electrons. The van der Waals surface area contributed by atoms with E-state index in [4.69, 9.17) is 27.6 Å². The molecule has 0 aliphatic heterocycles. The van der Waals surface area contributed by atoms with Crippen LogP contribution in [0.15, 0.2) is 41.0 Å². The number of anilines is 1. The highest BCUT2D eigenvalue weighted by atomic mass is 35.5. The molecule has 16 heavy (non-hydrogen) atoms. The summed E-state index contributed by atoms with van der Waals surface area (Å²) in [6, 6.07) is 8.35. The molecule has 1 aromatic carbocycles. The van der Waals surface area contributed by atoms with E-state index in [1.165, 1.54) is 12.3 Å². The van der Waals surface area contributed by atoms with Crippen LogP contribution in [0.2, 0.25) is 10.2 Å². The molecule has 82 valence electrons. The van der Waals surface area contributed by atoms with Crippen molar-refractivity contribution in [3.05, 3.63) is 52.4 Å². The molecule has 1 amide bonds. The van der Waals surface area contributed by atoms with Crippen LogP contribution in [-0.2, 0) is 0 Å². The molecule has 0 aliphatic rings. The van der Waals surface area contributed by atoms with Crippen LogP contribution in [-0.4, -0.2) is 5.91 Å². The molecule has 1 aromatic heterocycles. The lowest BCUT2D eigenvalue weighted by Gasteiger charge is -2.03. The topological polar surface area (TPSA) is 42.2 Å². The van der Waals surface area contributed by atoms with E-state index in [2.05, 4.69) is 5.32 Å². The fourth-order valence-corrected chi connectivity index (χ4v) is 1.61. The van der Waals surface area contributed by atoms with Crippen LogP contribution >= 0.6 is 23.2 Å². The summed E-state index contributed by atoms with van der Waals surface area (Å²) in [6.07, 6.45) is 1.36. The van der Waals surface area contributed by atoms with Crippen molar-refractivity contribution >= 4 is 34.8 Å². The Morgan fingerprint density at radius 1 is 1.25 bits per heavy atom. The summed E-state index contributed by atoms with van der Waals surface area (Å²) in [4.78, 5) is 11.7. The molecule has 2 aromatic rings. The van der Waals surface area contributed by atoms with Crippen LogP contribution in [0.3, 0.4) is 0 Å². The smallest absolute Gasteiger partial charge is 0.260 e. The highest BCUT2D eigenvalue weighted by molar-refractivity contribution is 6.33. The molecule has 0 saturated carbocycles. The van der Waals surface area contributed by atoms with E-state index < -0.39 is 0 Å². The maximum Gasteiger partial charge on any atom is 0.260 e. The van der Waals surface area contributed by atoms with Gasteiger partial charge in [0.15, 0.2) is 0 Å². The number of carbonyl (C=O) groups excluding carboxylic acids is 1. The maximum atomic E-state index is 11.7. The second-order valence-electron chi connectivity index (χ2n) is 3.07. The average Bonchev–Trinajstić information content (AvgIpc) is 2.64. The van der Waals surface area contributed by atoms with Gasteiger partial charge in [-0.15, -0.1) is 0 Å². The first-order valence-electron chi connectivity index (χ1n) is 4.47. The molecule has 0 spiro atoms. The summed E-state index contributed by atoms with van der Waals surface area (Å²) in [5.41, 5.74) is 0.899. The minimum Gasteiger partial charge on any atom is -0.452 e. The number of hydrogen-bond acceptors (Lipinski definition) is 2. The van der Waals surface area contributed by atoms with Crippen LogP contribution in [0.5, 0.6) is 0 Å². The predicted molar refractivity (Wildman–Crippen MR) is 63.1 cm³/mol. The van der Waals surface area contributed by atoms with Gasteiger partial charge in [-0.1, -0.05) is 17.7 Å². The van der Waals surface area contributed by atoms with Crippen LogP contribution in [0.4, 0.5) is 5.69 Å². The number of carbonyl (C=O) groups is 1. The molecule has 2 rings (SSSR count). The van der Waals surface area contributed by atoms with E-state index in [1.54, 1.807) is 24.3 Å². The molecule has 0 unspecified atom stereocenters. The summed E-state index contributed by atoms with van der Waals surface area (Å²) in [5.74, 6) is -0.332. The number of benzene rings is 1. The van der Waals surface area contributed by atoms with E-state index in [0.29, 0.717) is 16.3 Å². The van der Waals surface area contributed by atoms with Crippen LogP contribution in [0.1, 0.15) is 10.4 Å². The zero-order valence-corrected chi connectivity index (χ0v) is 9.55. The monoisotopic (exact) mass is 255 g/mol. The third kappa shape index (κ3) is 2.38. The van der Waals surface area contributed by atoms with Gasteiger partial charge in [-0.2, -0.15) is 0 Å². The van der Waals surface area contributed by atoms with Crippen molar-refractivity contribution in [2.75, 3.05) is 5.32 Å². The Labute approximate surface area is 102 Å². The number of nitrogens with one attached hydrogen (secondary N) is 1. The Kier molecular flexibility index (Phi) is 3.17. The lowest BCUT2D eigenvalue weighted by molar-refractivity contribution is 0.102. The van der Waals surface area contributed by atoms with Gasteiger partial charge >= 0.3 is 0 Å². The number of amides is 1. The Balaban J connectivity index is 2.17. The van der Waals surface area contributed by atoms with E-state index in [-0.39, 0.29) is 11.1 Å². The fraction of sp³-hybridized carbons (Fsp3) is 0. The van der Waals surface area contributed by atoms with Crippen molar-refractivity contribution in [3.63, 3.8) is 0 Å². The molecule has 1 heterocycles. The molecular weight excluding hydrogens is 249 g/mol. The molecule has 0 aliphatic carbocycles. The quantitative estimate of drug-likeness (QED) is 0.886. The van der Waals surface area contributed by atoms with Gasteiger partial charge in [-0.3, -0.25) is 4.79 Å². The van der Waals surface area contributed by atoms with E-state index in [1.807, 2.05) is 0 Å². The standard InChI is InChI=1S/C11H7Cl2NO2/c12-7-2-1-3-8(6-7)14-11(15)9-4-5-16-10(9)13/h1-6H,(H,14,15). The fourth-order valence-electron chi connectivity index (χ4n) is 1.22.